The Morgan fingerprint density at radius 3 is 1.12 bits per heavy atom. The van der Waals surface area contributed by atoms with Crippen LogP contribution in [0.4, 0.5) is 0 Å². The van der Waals surface area contributed by atoms with Crippen LogP contribution in [-0.4, -0.2) is 37.2 Å². The Hall–Kier alpha value is -3.41. The zero-order chi connectivity index (χ0) is 40.8. The highest BCUT2D eigenvalue weighted by molar-refractivity contribution is 5.71. The van der Waals surface area contributed by atoms with Gasteiger partial charge in [-0.05, 0) is 89.9 Å². The fraction of sp³-hybridized carbons (Fsp3) is 0.660. The standard InChI is InChI=1S/C50H82O6/c1-4-7-10-13-16-19-22-24-25-27-28-31-34-37-40-43-49(52)55-46-47(45-54-48(51)42-39-36-33-30-21-18-15-12-9-6-3)56-50(53)44-41-38-35-32-29-26-23-20-17-14-11-8-5-2/h7-8,10-11,16-17,19-20,24-26,28-29,31,47H,4-6,9,12-15,18,21-23,27,30,32-46H2,1-3H3/b10-7-,11-8-,19-16-,20-17-,25-24-,29-26-,31-28-. The zero-order valence-electron chi connectivity index (χ0n) is 36.1. The highest BCUT2D eigenvalue weighted by Gasteiger charge is 2.19. The lowest BCUT2D eigenvalue weighted by atomic mass is 10.1. The van der Waals surface area contributed by atoms with Crippen LogP contribution in [0.15, 0.2) is 85.1 Å². The number of carbonyl (C=O) groups is 3. The fourth-order valence-corrected chi connectivity index (χ4v) is 5.80. The summed E-state index contributed by atoms with van der Waals surface area (Å²) in [6.07, 6.45) is 55.7. The quantitative estimate of drug-likeness (QED) is 0.0268. The maximum atomic E-state index is 12.7. The third kappa shape index (κ3) is 41.7. The van der Waals surface area contributed by atoms with Crippen molar-refractivity contribution in [3.63, 3.8) is 0 Å². The predicted molar refractivity (Wildman–Crippen MR) is 237 cm³/mol. The van der Waals surface area contributed by atoms with Gasteiger partial charge in [-0.2, -0.15) is 0 Å². The second-order valence-corrected chi connectivity index (χ2v) is 14.5. The molecule has 0 aliphatic heterocycles. The number of carbonyl (C=O) groups excluding carboxylic acids is 3. The monoisotopic (exact) mass is 779 g/mol. The summed E-state index contributed by atoms with van der Waals surface area (Å²) in [6.45, 7) is 6.31. The van der Waals surface area contributed by atoms with Crippen molar-refractivity contribution in [2.75, 3.05) is 13.2 Å². The zero-order valence-corrected chi connectivity index (χ0v) is 36.1. The van der Waals surface area contributed by atoms with Gasteiger partial charge < -0.3 is 14.2 Å². The van der Waals surface area contributed by atoms with E-state index in [1.165, 1.54) is 44.9 Å². The average molecular weight is 779 g/mol. The van der Waals surface area contributed by atoms with E-state index in [0.29, 0.717) is 12.8 Å². The van der Waals surface area contributed by atoms with Crippen LogP contribution in [0.1, 0.15) is 194 Å². The van der Waals surface area contributed by atoms with Gasteiger partial charge in [0.15, 0.2) is 6.10 Å². The molecule has 0 spiro atoms. The topological polar surface area (TPSA) is 78.9 Å². The Morgan fingerprint density at radius 1 is 0.375 bits per heavy atom. The van der Waals surface area contributed by atoms with Crippen molar-refractivity contribution in [2.24, 2.45) is 0 Å². The van der Waals surface area contributed by atoms with Crippen LogP contribution in [0.25, 0.3) is 0 Å². The Balaban J connectivity index is 4.50. The molecule has 0 aromatic rings. The molecule has 0 bridgehead atoms. The maximum absolute atomic E-state index is 12.7. The lowest BCUT2D eigenvalue weighted by Gasteiger charge is -2.18. The normalized spacial score (nSPS) is 12.8. The lowest BCUT2D eigenvalue weighted by Crippen LogP contribution is -2.30. The molecule has 0 aliphatic carbocycles. The third-order valence-electron chi connectivity index (χ3n) is 9.15. The Kier molecular flexibility index (Phi) is 41.6. The molecule has 0 N–H and O–H groups in total. The Morgan fingerprint density at radius 2 is 0.696 bits per heavy atom. The van der Waals surface area contributed by atoms with Crippen LogP contribution < -0.4 is 0 Å². The molecule has 56 heavy (non-hydrogen) atoms. The van der Waals surface area contributed by atoms with Gasteiger partial charge in [-0.1, -0.05) is 170 Å². The third-order valence-corrected chi connectivity index (χ3v) is 9.15. The van der Waals surface area contributed by atoms with Crippen molar-refractivity contribution < 1.29 is 28.6 Å². The molecule has 6 heteroatoms. The second kappa shape index (κ2) is 44.3. The van der Waals surface area contributed by atoms with Gasteiger partial charge in [-0.25, -0.2) is 0 Å². The van der Waals surface area contributed by atoms with E-state index in [0.717, 1.165) is 109 Å². The molecule has 1 unspecified atom stereocenters. The van der Waals surface area contributed by atoms with Crippen LogP contribution in [0.2, 0.25) is 0 Å². The SMILES string of the molecule is CC/C=C\C/C=C\C/C=C\C/C=C\CCCCC(=O)OCC(COC(=O)CCCCCCCCCCCC)OC(=O)CCCCC/C=C\C/C=C\C/C=C\CC. The van der Waals surface area contributed by atoms with E-state index >= 15 is 0 Å². The summed E-state index contributed by atoms with van der Waals surface area (Å²) in [7, 11) is 0. The summed E-state index contributed by atoms with van der Waals surface area (Å²) in [4.78, 5) is 37.7. The van der Waals surface area contributed by atoms with Crippen LogP contribution in [0, 0.1) is 0 Å². The Bertz CT molecular complexity index is 1120. The molecule has 0 radical (unpaired) electrons. The molecule has 0 amide bonds. The number of unbranched alkanes of at least 4 members (excludes halogenated alkanes) is 14. The number of hydrogen-bond donors (Lipinski definition) is 0. The van der Waals surface area contributed by atoms with Gasteiger partial charge in [0.05, 0.1) is 0 Å². The van der Waals surface area contributed by atoms with E-state index in [9.17, 15) is 14.4 Å². The highest BCUT2D eigenvalue weighted by atomic mass is 16.6. The Labute approximate surface area is 344 Å². The molecule has 318 valence electrons. The van der Waals surface area contributed by atoms with Crippen molar-refractivity contribution in [2.45, 2.75) is 200 Å². The summed E-state index contributed by atoms with van der Waals surface area (Å²) in [6, 6.07) is 0. The van der Waals surface area contributed by atoms with Gasteiger partial charge >= 0.3 is 17.9 Å². The molecule has 0 aliphatic rings. The van der Waals surface area contributed by atoms with Crippen molar-refractivity contribution in [1.29, 1.82) is 0 Å². The van der Waals surface area contributed by atoms with Crippen molar-refractivity contribution in [3.8, 4) is 0 Å². The highest BCUT2D eigenvalue weighted by Crippen LogP contribution is 2.13. The van der Waals surface area contributed by atoms with Gasteiger partial charge in [0.1, 0.15) is 13.2 Å². The van der Waals surface area contributed by atoms with Crippen LogP contribution >= 0.6 is 0 Å². The number of allylic oxidation sites excluding steroid dienone is 14. The summed E-state index contributed by atoms with van der Waals surface area (Å²) in [5.41, 5.74) is 0. The summed E-state index contributed by atoms with van der Waals surface area (Å²) < 4.78 is 16.6. The second-order valence-electron chi connectivity index (χ2n) is 14.5. The van der Waals surface area contributed by atoms with Gasteiger partial charge in [0.2, 0.25) is 0 Å². The predicted octanol–water partition coefficient (Wildman–Crippen LogP) is 14.5. The molecule has 1 atom stereocenters. The van der Waals surface area contributed by atoms with E-state index in [4.69, 9.17) is 14.2 Å². The van der Waals surface area contributed by atoms with Gasteiger partial charge in [-0.15, -0.1) is 0 Å². The van der Waals surface area contributed by atoms with Gasteiger partial charge in [-0.3, -0.25) is 14.4 Å². The molecule has 0 heterocycles. The molecular formula is C50H82O6. The number of esters is 3. The molecule has 6 nitrogen and oxygen atoms in total. The maximum Gasteiger partial charge on any atom is 0.306 e. The molecule has 0 saturated carbocycles. The minimum atomic E-state index is -0.805. The first-order chi connectivity index (χ1) is 27.5. The fourth-order valence-electron chi connectivity index (χ4n) is 5.80. The summed E-state index contributed by atoms with van der Waals surface area (Å²) in [5.74, 6) is -0.984. The first kappa shape index (κ1) is 52.6. The molecule has 0 aromatic carbocycles. The van der Waals surface area contributed by atoms with E-state index in [2.05, 4.69) is 106 Å². The largest absolute Gasteiger partial charge is 0.462 e. The van der Waals surface area contributed by atoms with E-state index in [-0.39, 0.29) is 37.5 Å². The van der Waals surface area contributed by atoms with Crippen LogP contribution in [-0.2, 0) is 28.6 Å². The number of ether oxygens (including phenoxy) is 3. The molecule has 0 saturated heterocycles. The minimum Gasteiger partial charge on any atom is -0.462 e. The number of hydrogen-bond acceptors (Lipinski definition) is 6. The summed E-state index contributed by atoms with van der Waals surface area (Å²) in [5, 5.41) is 0. The first-order valence-electron chi connectivity index (χ1n) is 22.6. The molecular weight excluding hydrogens is 697 g/mol. The first-order valence-corrected chi connectivity index (χ1v) is 22.6. The van der Waals surface area contributed by atoms with Crippen LogP contribution in [0.5, 0.6) is 0 Å². The molecule has 0 fully saturated rings. The van der Waals surface area contributed by atoms with E-state index < -0.39 is 6.10 Å². The average Bonchev–Trinajstić information content (AvgIpc) is 3.19. The molecule has 0 aromatic heterocycles. The van der Waals surface area contributed by atoms with Crippen molar-refractivity contribution >= 4 is 17.9 Å². The summed E-state index contributed by atoms with van der Waals surface area (Å²) >= 11 is 0. The van der Waals surface area contributed by atoms with Gasteiger partial charge in [0.25, 0.3) is 0 Å². The van der Waals surface area contributed by atoms with E-state index in [1.54, 1.807) is 0 Å². The van der Waals surface area contributed by atoms with Crippen molar-refractivity contribution in [1.82, 2.24) is 0 Å². The lowest BCUT2D eigenvalue weighted by molar-refractivity contribution is -0.167. The number of rotatable bonds is 39. The van der Waals surface area contributed by atoms with Crippen molar-refractivity contribution in [3.05, 3.63) is 85.1 Å². The van der Waals surface area contributed by atoms with E-state index in [1.807, 2.05) is 0 Å². The molecule has 0 rings (SSSR count). The minimum absolute atomic E-state index is 0.102. The van der Waals surface area contributed by atoms with Gasteiger partial charge in [0, 0.05) is 19.3 Å². The van der Waals surface area contributed by atoms with Crippen LogP contribution in [0.3, 0.4) is 0 Å². The smallest absolute Gasteiger partial charge is 0.306 e.